The number of amides is 2. The number of hydrogen-bond acceptors (Lipinski definition) is 4. The van der Waals surface area contributed by atoms with Gasteiger partial charge in [0.2, 0.25) is 11.8 Å². The lowest BCUT2D eigenvalue weighted by Crippen LogP contribution is -2.62. The Hall–Kier alpha value is -1.14. The Morgan fingerprint density at radius 2 is 2.00 bits per heavy atom. The highest BCUT2D eigenvalue weighted by atomic mass is 16.3. The first-order chi connectivity index (χ1) is 11.9. The van der Waals surface area contributed by atoms with Gasteiger partial charge in [0.25, 0.3) is 0 Å². The molecule has 0 radical (unpaired) electrons. The van der Waals surface area contributed by atoms with Crippen molar-refractivity contribution in [2.24, 2.45) is 11.3 Å². The van der Waals surface area contributed by atoms with Crippen LogP contribution in [0.3, 0.4) is 0 Å². The van der Waals surface area contributed by atoms with Gasteiger partial charge in [-0.25, -0.2) is 0 Å². The second-order valence-electron chi connectivity index (χ2n) is 8.41. The van der Waals surface area contributed by atoms with Crippen LogP contribution in [0.2, 0.25) is 0 Å². The number of rotatable bonds is 3. The van der Waals surface area contributed by atoms with Gasteiger partial charge in [0.1, 0.15) is 0 Å². The maximum absolute atomic E-state index is 12.8. The molecule has 6 nitrogen and oxygen atoms in total. The summed E-state index contributed by atoms with van der Waals surface area (Å²) in [7, 11) is 0. The third kappa shape index (κ3) is 3.85. The molecule has 25 heavy (non-hydrogen) atoms. The Kier molecular flexibility index (Phi) is 5.68. The largest absolute Gasteiger partial charge is 0.392 e. The fourth-order valence-electron chi connectivity index (χ4n) is 4.71. The molecule has 0 saturated carbocycles. The van der Waals surface area contributed by atoms with Gasteiger partial charge in [0.15, 0.2) is 0 Å². The number of aliphatic hydroxyl groups is 1. The minimum Gasteiger partial charge on any atom is -0.392 e. The van der Waals surface area contributed by atoms with Crippen LogP contribution in [0.1, 0.15) is 52.4 Å². The Balaban J connectivity index is 1.57. The molecule has 0 aromatic heterocycles. The van der Waals surface area contributed by atoms with E-state index in [9.17, 15) is 14.7 Å². The zero-order valence-corrected chi connectivity index (χ0v) is 15.7. The third-order valence-corrected chi connectivity index (χ3v) is 6.52. The average molecular weight is 351 g/mol. The van der Waals surface area contributed by atoms with E-state index in [0.717, 1.165) is 32.4 Å². The molecule has 6 heteroatoms. The maximum atomic E-state index is 12.8. The highest BCUT2D eigenvalue weighted by Crippen LogP contribution is 2.37. The number of likely N-dealkylation sites (tertiary alicyclic amines) is 2. The van der Waals surface area contributed by atoms with Gasteiger partial charge >= 0.3 is 0 Å². The fraction of sp³-hybridized carbons (Fsp3) is 0.895. The number of hydrogen-bond donors (Lipinski definition) is 2. The third-order valence-electron chi connectivity index (χ3n) is 6.52. The lowest BCUT2D eigenvalue weighted by atomic mass is 9.71. The van der Waals surface area contributed by atoms with Crippen LogP contribution in [0, 0.1) is 11.3 Å². The summed E-state index contributed by atoms with van der Waals surface area (Å²) in [6, 6.07) is 0.574. The molecule has 3 aliphatic rings. The summed E-state index contributed by atoms with van der Waals surface area (Å²) in [6.45, 7) is 8.21. The van der Waals surface area contributed by atoms with E-state index in [1.165, 1.54) is 0 Å². The highest BCUT2D eigenvalue weighted by molar-refractivity contribution is 5.86. The van der Waals surface area contributed by atoms with Gasteiger partial charge in [0.05, 0.1) is 11.5 Å². The Labute approximate surface area is 150 Å². The molecular formula is C19H33N3O3. The number of carbonyl (C=O) groups excluding carboxylic acids is 2. The monoisotopic (exact) mass is 351 g/mol. The molecule has 0 aliphatic carbocycles. The van der Waals surface area contributed by atoms with Crippen molar-refractivity contribution in [3.8, 4) is 0 Å². The van der Waals surface area contributed by atoms with Gasteiger partial charge < -0.3 is 20.2 Å². The van der Waals surface area contributed by atoms with E-state index in [-0.39, 0.29) is 11.8 Å². The van der Waals surface area contributed by atoms with Crippen molar-refractivity contribution in [2.45, 2.75) is 64.5 Å². The van der Waals surface area contributed by atoms with E-state index in [4.69, 9.17) is 0 Å². The summed E-state index contributed by atoms with van der Waals surface area (Å²) in [6.07, 6.45) is 4.16. The summed E-state index contributed by atoms with van der Waals surface area (Å²) < 4.78 is 0. The molecule has 3 rings (SSSR count). The second-order valence-corrected chi connectivity index (χ2v) is 8.41. The molecule has 0 bridgehead atoms. The first-order valence-electron chi connectivity index (χ1n) is 9.90. The van der Waals surface area contributed by atoms with Crippen LogP contribution >= 0.6 is 0 Å². The van der Waals surface area contributed by atoms with Crippen molar-refractivity contribution in [1.82, 2.24) is 15.1 Å². The standard InChI is InChI=1S/C19H33N3O3/c1-14(2)21-9-4-15(5-10-21)12-17(24)22-11-6-16(23)19(13-22)7-3-8-20-18(19)25/h14-16,23H,3-13H2,1-2H3,(H,20,25)/t16?,19-/m1/s1. The minimum atomic E-state index is -0.785. The van der Waals surface area contributed by atoms with Crippen LogP contribution < -0.4 is 5.32 Å². The Morgan fingerprint density at radius 3 is 2.64 bits per heavy atom. The van der Waals surface area contributed by atoms with Crippen LogP contribution in [-0.4, -0.2) is 71.6 Å². The molecule has 3 heterocycles. The van der Waals surface area contributed by atoms with Gasteiger partial charge in [0, 0.05) is 32.1 Å². The van der Waals surface area contributed by atoms with E-state index in [0.29, 0.717) is 50.9 Å². The van der Waals surface area contributed by atoms with Crippen LogP contribution in [0.4, 0.5) is 0 Å². The highest BCUT2D eigenvalue weighted by Gasteiger charge is 2.50. The van der Waals surface area contributed by atoms with Gasteiger partial charge in [-0.05, 0) is 65.0 Å². The van der Waals surface area contributed by atoms with E-state index in [1.54, 1.807) is 0 Å². The number of nitrogens with zero attached hydrogens (tertiary/aromatic N) is 2. The summed E-state index contributed by atoms with van der Waals surface area (Å²) in [5.74, 6) is 0.534. The lowest BCUT2D eigenvalue weighted by Gasteiger charge is -2.47. The first-order valence-corrected chi connectivity index (χ1v) is 9.90. The van der Waals surface area contributed by atoms with Gasteiger partial charge in [-0.2, -0.15) is 0 Å². The molecule has 1 unspecified atom stereocenters. The summed E-state index contributed by atoms with van der Waals surface area (Å²) in [5, 5.41) is 13.3. The Bertz CT molecular complexity index is 502. The van der Waals surface area contributed by atoms with Crippen LogP contribution in [0.5, 0.6) is 0 Å². The summed E-state index contributed by atoms with van der Waals surface area (Å²) >= 11 is 0. The van der Waals surface area contributed by atoms with Crippen molar-refractivity contribution >= 4 is 11.8 Å². The topological polar surface area (TPSA) is 72.9 Å². The summed E-state index contributed by atoms with van der Waals surface area (Å²) in [4.78, 5) is 29.6. The first kappa shape index (κ1) is 18.6. The quantitative estimate of drug-likeness (QED) is 0.795. The van der Waals surface area contributed by atoms with E-state index in [2.05, 4.69) is 24.1 Å². The Morgan fingerprint density at radius 1 is 1.28 bits per heavy atom. The van der Waals surface area contributed by atoms with Gasteiger partial charge in [-0.15, -0.1) is 0 Å². The van der Waals surface area contributed by atoms with Crippen LogP contribution in [0.15, 0.2) is 0 Å². The van der Waals surface area contributed by atoms with Crippen molar-refractivity contribution < 1.29 is 14.7 Å². The predicted molar refractivity (Wildman–Crippen MR) is 95.9 cm³/mol. The van der Waals surface area contributed by atoms with Crippen LogP contribution in [-0.2, 0) is 9.59 Å². The van der Waals surface area contributed by atoms with Crippen molar-refractivity contribution in [3.05, 3.63) is 0 Å². The van der Waals surface area contributed by atoms with E-state index < -0.39 is 11.5 Å². The normalized spacial score (nSPS) is 32.2. The minimum absolute atomic E-state index is 0.0750. The molecule has 2 atom stereocenters. The molecule has 3 fully saturated rings. The molecular weight excluding hydrogens is 318 g/mol. The average Bonchev–Trinajstić information content (AvgIpc) is 2.60. The zero-order chi connectivity index (χ0) is 18.0. The maximum Gasteiger partial charge on any atom is 0.230 e. The van der Waals surface area contributed by atoms with E-state index >= 15 is 0 Å². The fourth-order valence-corrected chi connectivity index (χ4v) is 4.71. The second kappa shape index (κ2) is 7.62. The molecule has 3 aliphatic heterocycles. The predicted octanol–water partition coefficient (Wildman–Crippen LogP) is 0.987. The van der Waals surface area contributed by atoms with Crippen molar-refractivity contribution in [2.75, 3.05) is 32.7 Å². The zero-order valence-electron chi connectivity index (χ0n) is 15.7. The van der Waals surface area contributed by atoms with Crippen molar-refractivity contribution in [3.63, 3.8) is 0 Å². The number of piperidine rings is 3. The van der Waals surface area contributed by atoms with Gasteiger partial charge in [-0.1, -0.05) is 0 Å². The molecule has 0 aromatic carbocycles. The lowest BCUT2D eigenvalue weighted by molar-refractivity contribution is -0.155. The van der Waals surface area contributed by atoms with Gasteiger partial charge in [-0.3, -0.25) is 9.59 Å². The SMILES string of the molecule is CC(C)N1CCC(CC(=O)N2CCC(O)[C@@]3(CCCNC3=O)C2)CC1. The molecule has 2 N–H and O–H groups in total. The molecule has 2 amide bonds. The number of carbonyl (C=O) groups is 2. The smallest absolute Gasteiger partial charge is 0.230 e. The molecule has 1 spiro atoms. The molecule has 0 aromatic rings. The number of aliphatic hydroxyl groups excluding tert-OH is 1. The summed E-state index contributed by atoms with van der Waals surface area (Å²) in [5.41, 5.74) is -0.785. The van der Waals surface area contributed by atoms with Crippen molar-refractivity contribution in [1.29, 1.82) is 0 Å². The van der Waals surface area contributed by atoms with E-state index in [1.807, 2.05) is 4.90 Å². The number of nitrogens with one attached hydrogen (secondary N) is 1. The van der Waals surface area contributed by atoms with Crippen LogP contribution in [0.25, 0.3) is 0 Å². The molecule has 142 valence electrons. The molecule has 3 saturated heterocycles.